The topological polar surface area (TPSA) is 99.8 Å². The molecule has 0 aliphatic carbocycles. The molecule has 0 aromatic carbocycles. The van der Waals surface area contributed by atoms with Crippen LogP contribution in [0.3, 0.4) is 0 Å². The summed E-state index contributed by atoms with van der Waals surface area (Å²) in [5.41, 5.74) is 5.18. The molecule has 90 valence electrons. The van der Waals surface area contributed by atoms with E-state index in [1.54, 1.807) is 6.92 Å². The summed E-state index contributed by atoms with van der Waals surface area (Å²) in [4.78, 5) is 11.9. The van der Waals surface area contributed by atoms with Gasteiger partial charge in [-0.05, 0) is 18.4 Å². The van der Waals surface area contributed by atoms with Gasteiger partial charge in [-0.15, -0.1) is 21.5 Å². The van der Waals surface area contributed by atoms with Crippen molar-refractivity contribution in [3.8, 4) is 10.7 Å². The van der Waals surface area contributed by atoms with Gasteiger partial charge in [0.05, 0.1) is 10.1 Å². The Balaban J connectivity index is 2.24. The molecular formula is C9H11N5OS2. The fraction of sp³-hybridized carbons (Fsp3) is 0.222. The number of amides is 1. The van der Waals surface area contributed by atoms with Crippen LogP contribution >= 0.6 is 23.1 Å². The molecule has 2 heterocycles. The SMILES string of the molecule is C[C@@H](Sc1nnc(-c2cccs2)n1N)C(N)=O. The number of hydrogen-bond donors (Lipinski definition) is 2. The third-order valence-electron chi connectivity index (χ3n) is 2.09. The van der Waals surface area contributed by atoms with Crippen LogP contribution in [0.5, 0.6) is 0 Å². The van der Waals surface area contributed by atoms with Crippen molar-refractivity contribution >= 4 is 29.0 Å². The lowest BCUT2D eigenvalue weighted by Crippen LogP contribution is -2.23. The Kier molecular flexibility index (Phi) is 3.34. The molecule has 17 heavy (non-hydrogen) atoms. The van der Waals surface area contributed by atoms with Crippen LogP contribution in [0, 0.1) is 0 Å². The quantitative estimate of drug-likeness (QED) is 0.628. The molecule has 2 aromatic heterocycles. The highest BCUT2D eigenvalue weighted by molar-refractivity contribution is 8.00. The average Bonchev–Trinajstić information content (AvgIpc) is 2.89. The van der Waals surface area contributed by atoms with Gasteiger partial charge in [-0.1, -0.05) is 17.8 Å². The van der Waals surface area contributed by atoms with E-state index in [1.807, 2.05) is 17.5 Å². The van der Waals surface area contributed by atoms with Crippen molar-refractivity contribution < 1.29 is 4.79 Å². The van der Waals surface area contributed by atoms with Crippen molar-refractivity contribution in [2.75, 3.05) is 5.84 Å². The average molecular weight is 269 g/mol. The van der Waals surface area contributed by atoms with Crippen LogP contribution in [0.25, 0.3) is 10.7 Å². The molecule has 0 radical (unpaired) electrons. The van der Waals surface area contributed by atoms with Gasteiger partial charge in [-0.2, -0.15) is 0 Å². The highest BCUT2D eigenvalue weighted by Crippen LogP contribution is 2.26. The molecule has 0 fully saturated rings. The van der Waals surface area contributed by atoms with Crippen molar-refractivity contribution in [3.05, 3.63) is 17.5 Å². The first-order valence-corrected chi connectivity index (χ1v) is 6.56. The third-order valence-corrected chi connectivity index (χ3v) is 4.03. The minimum Gasteiger partial charge on any atom is -0.369 e. The number of nitrogen functional groups attached to an aromatic ring is 1. The van der Waals surface area contributed by atoms with E-state index >= 15 is 0 Å². The van der Waals surface area contributed by atoms with Crippen LogP contribution < -0.4 is 11.6 Å². The molecule has 0 unspecified atom stereocenters. The maximum Gasteiger partial charge on any atom is 0.230 e. The number of hydrogen-bond acceptors (Lipinski definition) is 6. The van der Waals surface area contributed by atoms with Gasteiger partial charge in [0.1, 0.15) is 0 Å². The smallest absolute Gasteiger partial charge is 0.230 e. The third kappa shape index (κ3) is 2.42. The van der Waals surface area contributed by atoms with Gasteiger partial charge in [0, 0.05) is 0 Å². The number of aromatic nitrogens is 3. The molecule has 0 aliphatic heterocycles. The Hall–Kier alpha value is -1.54. The lowest BCUT2D eigenvalue weighted by Gasteiger charge is -2.05. The number of thioether (sulfide) groups is 1. The second kappa shape index (κ2) is 4.76. The van der Waals surface area contributed by atoms with Crippen LogP contribution in [-0.2, 0) is 4.79 Å². The number of carbonyl (C=O) groups is 1. The van der Waals surface area contributed by atoms with E-state index in [2.05, 4.69) is 10.2 Å². The summed E-state index contributed by atoms with van der Waals surface area (Å²) >= 11 is 2.72. The zero-order chi connectivity index (χ0) is 12.4. The van der Waals surface area contributed by atoms with Crippen molar-refractivity contribution in [2.45, 2.75) is 17.3 Å². The highest BCUT2D eigenvalue weighted by atomic mass is 32.2. The maximum absolute atomic E-state index is 11.0. The maximum atomic E-state index is 11.0. The first-order chi connectivity index (χ1) is 8.09. The minimum absolute atomic E-state index is 0.391. The van der Waals surface area contributed by atoms with Gasteiger partial charge in [0.25, 0.3) is 0 Å². The summed E-state index contributed by atoms with van der Waals surface area (Å²) in [5, 5.41) is 9.95. The lowest BCUT2D eigenvalue weighted by molar-refractivity contribution is -0.117. The Bertz CT molecular complexity index is 521. The van der Waals surface area contributed by atoms with Gasteiger partial charge < -0.3 is 11.6 Å². The molecule has 4 N–H and O–H groups in total. The summed E-state index contributed by atoms with van der Waals surface area (Å²) in [6.45, 7) is 1.70. The molecule has 0 saturated carbocycles. The molecule has 0 bridgehead atoms. The Morgan fingerprint density at radius 3 is 2.94 bits per heavy atom. The second-order valence-corrected chi connectivity index (χ2v) is 5.57. The predicted molar refractivity (Wildman–Crippen MR) is 68.0 cm³/mol. The standard InChI is InChI=1S/C9H11N5OS2/c1-5(7(10)15)17-9-13-12-8(14(9)11)6-3-2-4-16-6/h2-5H,11H2,1H3,(H2,10,15)/t5-/m1/s1. The van der Waals surface area contributed by atoms with E-state index in [1.165, 1.54) is 27.8 Å². The van der Waals surface area contributed by atoms with Crippen LogP contribution in [0.15, 0.2) is 22.7 Å². The van der Waals surface area contributed by atoms with Crippen LogP contribution in [0.2, 0.25) is 0 Å². The first-order valence-electron chi connectivity index (χ1n) is 4.80. The number of thiophene rings is 1. The number of rotatable bonds is 4. The zero-order valence-electron chi connectivity index (χ0n) is 9.03. The van der Waals surface area contributed by atoms with Crippen LogP contribution in [0.1, 0.15) is 6.92 Å². The van der Waals surface area contributed by atoms with E-state index in [-0.39, 0.29) is 0 Å². The Morgan fingerprint density at radius 1 is 1.59 bits per heavy atom. The fourth-order valence-corrected chi connectivity index (χ4v) is 2.57. The number of nitrogens with two attached hydrogens (primary N) is 2. The molecule has 0 spiro atoms. The molecule has 0 aliphatic rings. The normalized spacial score (nSPS) is 12.5. The van der Waals surface area contributed by atoms with Crippen molar-refractivity contribution in [1.82, 2.24) is 14.9 Å². The number of primary amides is 1. The predicted octanol–water partition coefficient (Wildman–Crippen LogP) is 0.686. The molecule has 2 aromatic rings. The molecule has 8 heteroatoms. The molecule has 1 atom stereocenters. The molecular weight excluding hydrogens is 258 g/mol. The summed E-state index contributed by atoms with van der Waals surface area (Å²) in [6.07, 6.45) is 0. The number of carbonyl (C=O) groups excluding carboxylic acids is 1. The van der Waals surface area contributed by atoms with E-state index in [4.69, 9.17) is 11.6 Å². The van der Waals surface area contributed by atoms with Gasteiger partial charge in [-0.25, -0.2) is 4.68 Å². The lowest BCUT2D eigenvalue weighted by atomic mass is 10.4. The summed E-state index contributed by atoms with van der Waals surface area (Å²) < 4.78 is 1.37. The van der Waals surface area contributed by atoms with Gasteiger partial charge >= 0.3 is 0 Å². The van der Waals surface area contributed by atoms with E-state index in [0.717, 1.165) is 4.88 Å². The highest BCUT2D eigenvalue weighted by Gasteiger charge is 2.18. The van der Waals surface area contributed by atoms with Gasteiger partial charge in [-0.3, -0.25) is 4.79 Å². The molecule has 0 saturated heterocycles. The first kappa shape index (κ1) is 11.9. The van der Waals surface area contributed by atoms with E-state index in [0.29, 0.717) is 11.0 Å². The van der Waals surface area contributed by atoms with Crippen LogP contribution in [-0.4, -0.2) is 26.0 Å². The monoisotopic (exact) mass is 269 g/mol. The van der Waals surface area contributed by atoms with E-state index in [9.17, 15) is 4.79 Å². The summed E-state index contributed by atoms with van der Waals surface area (Å²) in [7, 11) is 0. The summed E-state index contributed by atoms with van der Waals surface area (Å²) in [6, 6.07) is 3.82. The van der Waals surface area contributed by atoms with E-state index < -0.39 is 11.2 Å². The molecule has 6 nitrogen and oxygen atoms in total. The Morgan fingerprint density at radius 2 is 2.35 bits per heavy atom. The van der Waals surface area contributed by atoms with Crippen molar-refractivity contribution in [1.29, 1.82) is 0 Å². The van der Waals surface area contributed by atoms with Crippen molar-refractivity contribution in [2.24, 2.45) is 5.73 Å². The number of nitrogens with zero attached hydrogens (tertiary/aromatic N) is 3. The molecule has 2 rings (SSSR count). The zero-order valence-corrected chi connectivity index (χ0v) is 10.7. The van der Waals surface area contributed by atoms with Gasteiger partial charge in [0.15, 0.2) is 5.82 Å². The summed E-state index contributed by atoms with van der Waals surface area (Å²) in [5.74, 6) is 6.04. The molecule has 1 amide bonds. The van der Waals surface area contributed by atoms with Gasteiger partial charge in [0.2, 0.25) is 11.1 Å². The Labute approximate surface area is 106 Å². The minimum atomic E-state index is -0.407. The van der Waals surface area contributed by atoms with Crippen molar-refractivity contribution in [3.63, 3.8) is 0 Å². The second-order valence-electron chi connectivity index (χ2n) is 3.32. The fourth-order valence-electron chi connectivity index (χ4n) is 1.15. The van der Waals surface area contributed by atoms with Crippen LogP contribution in [0.4, 0.5) is 0 Å². The largest absolute Gasteiger partial charge is 0.369 e.